The Bertz CT molecular complexity index is 306. The third kappa shape index (κ3) is 3.21. The highest BCUT2D eigenvalue weighted by molar-refractivity contribution is 8.14. The van der Waals surface area contributed by atoms with Gasteiger partial charge < -0.3 is 10.2 Å². The predicted molar refractivity (Wildman–Crippen MR) is 79.3 cm³/mol. The van der Waals surface area contributed by atoms with Crippen molar-refractivity contribution < 1.29 is 0 Å². The van der Waals surface area contributed by atoms with Crippen molar-refractivity contribution in [3.63, 3.8) is 0 Å². The van der Waals surface area contributed by atoms with E-state index in [2.05, 4.69) is 22.1 Å². The summed E-state index contributed by atoms with van der Waals surface area (Å²) in [5.41, 5.74) is 0. The molecule has 18 heavy (non-hydrogen) atoms. The Labute approximate surface area is 115 Å². The molecule has 1 saturated heterocycles. The molecular formula is C14H25N3S. The van der Waals surface area contributed by atoms with Gasteiger partial charge in [-0.1, -0.05) is 18.7 Å². The van der Waals surface area contributed by atoms with Crippen LogP contribution in [0.3, 0.4) is 0 Å². The highest BCUT2D eigenvalue weighted by atomic mass is 32.2. The third-order valence-corrected chi connectivity index (χ3v) is 5.59. The quantitative estimate of drug-likeness (QED) is 0.847. The van der Waals surface area contributed by atoms with Crippen LogP contribution in [-0.2, 0) is 0 Å². The molecule has 0 radical (unpaired) electrons. The van der Waals surface area contributed by atoms with Gasteiger partial charge in [0.15, 0.2) is 5.17 Å². The fourth-order valence-corrected chi connectivity index (χ4v) is 4.26. The van der Waals surface area contributed by atoms with E-state index in [1.807, 2.05) is 11.8 Å². The third-order valence-electron chi connectivity index (χ3n) is 4.28. The van der Waals surface area contributed by atoms with E-state index < -0.39 is 0 Å². The fourth-order valence-electron chi connectivity index (χ4n) is 2.98. The molecule has 2 aliphatic heterocycles. The number of hydrogen-bond donors (Lipinski definition) is 1. The molecule has 1 atom stereocenters. The molecule has 2 heterocycles. The lowest BCUT2D eigenvalue weighted by Crippen LogP contribution is -2.44. The van der Waals surface area contributed by atoms with Gasteiger partial charge in [0, 0.05) is 24.4 Å². The molecule has 0 aromatic rings. The van der Waals surface area contributed by atoms with Crippen LogP contribution in [0.1, 0.15) is 39.0 Å². The van der Waals surface area contributed by atoms with Gasteiger partial charge in [0.2, 0.25) is 0 Å². The SMILES string of the molecule is CCCN1CCC(NC2=NCC(C3CC3)S2)CC1. The Morgan fingerprint density at radius 2 is 2.06 bits per heavy atom. The molecule has 0 bridgehead atoms. The zero-order valence-electron chi connectivity index (χ0n) is 11.4. The minimum Gasteiger partial charge on any atom is -0.362 e. The highest BCUT2D eigenvalue weighted by Crippen LogP contribution is 2.41. The summed E-state index contributed by atoms with van der Waals surface area (Å²) in [5.74, 6) is 0.976. The minimum absolute atomic E-state index is 0.669. The molecule has 3 aliphatic rings. The summed E-state index contributed by atoms with van der Waals surface area (Å²) in [6, 6.07) is 0.669. The number of likely N-dealkylation sites (tertiary alicyclic amines) is 1. The Balaban J connectivity index is 1.39. The predicted octanol–water partition coefficient (Wildman–Crippen LogP) is 2.33. The molecule has 0 amide bonds. The van der Waals surface area contributed by atoms with Gasteiger partial charge in [0.1, 0.15) is 0 Å². The van der Waals surface area contributed by atoms with Crippen molar-refractivity contribution in [3.8, 4) is 0 Å². The van der Waals surface area contributed by atoms with Gasteiger partial charge in [-0.2, -0.15) is 0 Å². The van der Waals surface area contributed by atoms with Crippen molar-refractivity contribution in [2.45, 2.75) is 50.3 Å². The van der Waals surface area contributed by atoms with E-state index in [0.29, 0.717) is 6.04 Å². The first-order valence-corrected chi connectivity index (χ1v) is 8.43. The lowest BCUT2D eigenvalue weighted by molar-refractivity contribution is 0.207. The smallest absolute Gasteiger partial charge is 0.157 e. The Kier molecular flexibility index (Phi) is 4.14. The lowest BCUT2D eigenvalue weighted by Gasteiger charge is -2.32. The first-order chi connectivity index (χ1) is 8.85. The Morgan fingerprint density at radius 1 is 1.28 bits per heavy atom. The van der Waals surface area contributed by atoms with Crippen LogP contribution in [0.25, 0.3) is 0 Å². The molecule has 1 N–H and O–H groups in total. The maximum absolute atomic E-state index is 4.68. The Hall–Kier alpha value is -0.220. The van der Waals surface area contributed by atoms with Gasteiger partial charge in [0.05, 0.1) is 6.54 Å². The van der Waals surface area contributed by atoms with E-state index >= 15 is 0 Å². The molecular weight excluding hydrogens is 242 g/mol. The molecule has 4 heteroatoms. The molecule has 0 aromatic carbocycles. The second-order valence-electron chi connectivity index (χ2n) is 5.90. The van der Waals surface area contributed by atoms with Crippen LogP contribution >= 0.6 is 11.8 Å². The lowest BCUT2D eigenvalue weighted by atomic mass is 10.1. The number of amidine groups is 1. The molecule has 0 spiro atoms. The molecule has 3 rings (SSSR count). The number of thioether (sulfide) groups is 1. The highest BCUT2D eigenvalue weighted by Gasteiger charge is 2.35. The standard InChI is InChI=1S/C14H25N3S/c1-2-7-17-8-5-12(6-9-17)16-14-15-10-13(18-14)11-3-4-11/h11-13H,2-10H2,1H3,(H,15,16). The molecule has 0 aromatic heterocycles. The van der Waals surface area contributed by atoms with E-state index in [4.69, 9.17) is 0 Å². The van der Waals surface area contributed by atoms with Crippen LogP contribution in [0.4, 0.5) is 0 Å². The maximum Gasteiger partial charge on any atom is 0.157 e. The van der Waals surface area contributed by atoms with Crippen LogP contribution in [0.2, 0.25) is 0 Å². The molecule has 1 aliphatic carbocycles. The number of aliphatic imine (C=N–C) groups is 1. The van der Waals surface area contributed by atoms with Crippen molar-refractivity contribution in [1.82, 2.24) is 10.2 Å². The van der Waals surface area contributed by atoms with Gasteiger partial charge in [-0.25, -0.2) is 0 Å². The monoisotopic (exact) mass is 267 g/mol. The van der Waals surface area contributed by atoms with Crippen molar-refractivity contribution in [1.29, 1.82) is 0 Å². The van der Waals surface area contributed by atoms with E-state index in [1.165, 1.54) is 56.9 Å². The molecule has 3 nitrogen and oxygen atoms in total. The first kappa shape index (κ1) is 12.8. The number of piperidine rings is 1. The second-order valence-corrected chi connectivity index (χ2v) is 7.13. The van der Waals surface area contributed by atoms with Gasteiger partial charge in [-0.3, -0.25) is 4.99 Å². The summed E-state index contributed by atoms with van der Waals surface area (Å²) in [6.45, 7) is 7.12. The van der Waals surface area contributed by atoms with E-state index in [1.54, 1.807) is 0 Å². The van der Waals surface area contributed by atoms with Gasteiger partial charge in [-0.05, 0) is 44.6 Å². The maximum atomic E-state index is 4.68. The van der Waals surface area contributed by atoms with Crippen LogP contribution in [0.15, 0.2) is 4.99 Å². The average Bonchev–Trinajstić information content (AvgIpc) is 3.13. The molecule has 1 saturated carbocycles. The summed E-state index contributed by atoms with van der Waals surface area (Å²) in [7, 11) is 0. The van der Waals surface area contributed by atoms with Crippen molar-refractivity contribution >= 4 is 16.9 Å². The van der Waals surface area contributed by atoms with Crippen LogP contribution < -0.4 is 5.32 Å². The molecule has 2 fully saturated rings. The summed E-state index contributed by atoms with van der Waals surface area (Å²) >= 11 is 2.01. The first-order valence-electron chi connectivity index (χ1n) is 7.55. The summed E-state index contributed by atoms with van der Waals surface area (Å²) < 4.78 is 0. The van der Waals surface area contributed by atoms with Crippen LogP contribution in [0, 0.1) is 5.92 Å². The number of rotatable bonds is 4. The van der Waals surface area contributed by atoms with Crippen LogP contribution in [0.5, 0.6) is 0 Å². The van der Waals surface area contributed by atoms with E-state index in [-0.39, 0.29) is 0 Å². The average molecular weight is 267 g/mol. The topological polar surface area (TPSA) is 27.6 Å². The number of hydrogen-bond acceptors (Lipinski definition) is 4. The van der Waals surface area contributed by atoms with Crippen molar-refractivity contribution in [2.24, 2.45) is 10.9 Å². The van der Waals surface area contributed by atoms with Crippen LogP contribution in [-0.4, -0.2) is 47.5 Å². The summed E-state index contributed by atoms with van der Waals surface area (Å²) in [5, 5.41) is 5.72. The van der Waals surface area contributed by atoms with Gasteiger partial charge >= 0.3 is 0 Å². The molecule has 102 valence electrons. The Morgan fingerprint density at radius 3 is 2.72 bits per heavy atom. The largest absolute Gasteiger partial charge is 0.362 e. The minimum atomic E-state index is 0.669. The number of nitrogens with zero attached hydrogens (tertiary/aromatic N) is 2. The molecule has 1 unspecified atom stereocenters. The summed E-state index contributed by atoms with van der Waals surface area (Å²) in [4.78, 5) is 7.27. The second kappa shape index (κ2) is 5.83. The zero-order valence-corrected chi connectivity index (χ0v) is 12.2. The number of nitrogens with one attached hydrogen (secondary N) is 1. The summed E-state index contributed by atoms with van der Waals surface area (Å²) in [6.07, 6.45) is 6.73. The zero-order chi connectivity index (χ0) is 12.4. The van der Waals surface area contributed by atoms with Gasteiger partial charge in [-0.15, -0.1) is 0 Å². The van der Waals surface area contributed by atoms with E-state index in [0.717, 1.165) is 17.7 Å². The fraction of sp³-hybridized carbons (Fsp3) is 0.929. The van der Waals surface area contributed by atoms with Gasteiger partial charge in [0.25, 0.3) is 0 Å². The van der Waals surface area contributed by atoms with E-state index in [9.17, 15) is 0 Å². The van der Waals surface area contributed by atoms with Crippen molar-refractivity contribution in [2.75, 3.05) is 26.2 Å². The normalized spacial score (nSPS) is 30.5. The van der Waals surface area contributed by atoms with Crippen molar-refractivity contribution in [3.05, 3.63) is 0 Å².